The van der Waals surface area contributed by atoms with Crippen LogP contribution >= 0.6 is 0 Å². The minimum Gasteiger partial charge on any atom is -0.313 e. The molecule has 0 aliphatic heterocycles. The lowest BCUT2D eigenvalue weighted by Gasteiger charge is -2.48. The van der Waals surface area contributed by atoms with Gasteiger partial charge in [-0.05, 0) is 25.7 Å². The third-order valence-corrected chi connectivity index (χ3v) is 17.0. The van der Waals surface area contributed by atoms with Crippen LogP contribution in [0.25, 0.3) is 0 Å². The fourth-order valence-corrected chi connectivity index (χ4v) is 11.9. The molecule has 0 aliphatic carbocycles. The van der Waals surface area contributed by atoms with Crippen LogP contribution in [0.3, 0.4) is 0 Å². The summed E-state index contributed by atoms with van der Waals surface area (Å²) < 4.78 is 0. The molecule has 0 saturated heterocycles. The van der Waals surface area contributed by atoms with Crippen molar-refractivity contribution in [2.45, 2.75) is 419 Å². The summed E-state index contributed by atoms with van der Waals surface area (Å²) in [5.74, 6) is 0. The predicted octanol–water partition coefficient (Wildman–Crippen LogP) is 24.1. The molecule has 410 valence electrons. The fraction of sp³-hybridized carbons (Fsp3) is 1.00. The van der Waals surface area contributed by atoms with Crippen LogP contribution in [0.2, 0.25) is 0 Å². The Bertz CT molecular complexity index is 817. The maximum atomic E-state index is 7.58. The van der Waals surface area contributed by atoms with Crippen LogP contribution in [-0.4, -0.2) is 5.66 Å². The molecule has 0 radical (unpaired) electrons. The van der Waals surface area contributed by atoms with Gasteiger partial charge in [-0.15, -0.1) is 0 Å². The van der Waals surface area contributed by atoms with Gasteiger partial charge in [0.15, 0.2) is 0 Å². The van der Waals surface area contributed by atoms with Crippen LogP contribution in [0.5, 0.6) is 0 Å². The standard InChI is InChI=1S/C66H136N2/c1-5-9-13-17-21-25-29-33-37-41-45-49-53-57-61-65(62-58-54-50-46-42-38-34-30-26-22-18-14-10-6-2,63-59-55-51-47-43-39-35-31-27-23-19-15-11-7-3)66(67,68)64-60-56-52-48-44-40-36-32-28-24-20-16-12-8-4/h5-64,67-68H2,1-4H3. The molecular weight excluding hydrogens is 821 g/mol. The number of hydrogen-bond donors (Lipinski definition) is 2. The minimum absolute atomic E-state index is 0.106. The molecule has 4 N–H and O–H groups in total. The molecule has 0 spiro atoms. The largest absolute Gasteiger partial charge is 0.313 e. The van der Waals surface area contributed by atoms with Crippen molar-refractivity contribution >= 4 is 0 Å². The number of unbranched alkanes of at least 4 members (excludes halogenated alkanes) is 52. The van der Waals surface area contributed by atoms with Gasteiger partial charge in [0.1, 0.15) is 0 Å². The van der Waals surface area contributed by atoms with Gasteiger partial charge in [0.2, 0.25) is 0 Å². The van der Waals surface area contributed by atoms with E-state index in [1.807, 2.05) is 0 Å². The smallest absolute Gasteiger partial charge is 0.0694 e. The van der Waals surface area contributed by atoms with E-state index in [2.05, 4.69) is 27.7 Å². The van der Waals surface area contributed by atoms with E-state index in [-0.39, 0.29) is 5.41 Å². The highest BCUT2D eigenvalue weighted by Crippen LogP contribution is 2.45. The molecule has 0 amide bonds. The van der Waals surface area contributed by atoms with Crippen LogP contribution in [-0.2, 0) is 0 Å². The summed E-state index contributed by atoms with van der Waals surface area (Å²) in [6, 6.07) is 0. The summed E-state index contributed by atoms with van der Waals surface area (Å²) in [4.78, 5) is 0. The molecule has 0 atom stereocenters. The maximum Gasteiger partial charge on any atom is 0.0694 e. The zero-order valence-corrected chi connectivity index (χ0v) is 48.6. The highest BCUT2D eigenvalue weighted by molar-refractivity contribution is 4.98. The molecule has 0 aromatic carbocycles. The van der Waals surface area contributed by atoms with Gasteiger partial charge in [-0.1, -0.05) is 387 Å². The first-order chi connectivity index (χ1) is 33.5. The molecule has 0 rings (SSSR count). The third-order valence-electron chi connectivity index (χ3n) is 17.0. The monoisotopic (exact) mass is 957 g/mol. The molecule has 0 fully saturated rings. The Morgan fingerprint density at radius 1 is 0.162 bits per heavy atom. The zero-order valence-electron chi connectivity index (χ0n) is 48.6. The van der Waals surface area contributed by atoms with Crippen LogP contribution < -0.4 is 11.5 Å². The van der Waals surface area contributed by atoms with Crippen LogP contribution in [0.4, 0.5) is 0 Å². The van der Waals surface area contributed by atoms with Crippen molar-refractivity contribution in [2.24, 2.45) is 16.9 Å². The fourth-order valence-electron chi connectivity index (χ4n) is 11.9. The predicted molar refractivity (Wildman–Crippen MR) is 313 cm³/mol. The molecule has 0 heterocycles. The number of hydrogen-bond acceptors (Lipinski definition) is 2. The van der Waals surface area contributed by atoms with Gasteiger partial charge in [0.05, 0.1) is 5.66 Å². The van der Waals surface area contributed by atoms with Gasteiger partial charge < -0.3 is 11.5 Å². The molecule has 0 saturated carbocycles. The summed E-state index contributed by atoms with van der Waals surface area (Å²) in [6.45, 7) is 9.29. The van der Waals surface area contributed by atoms with Crippen LogP contribution in [0.1, 0.15) is 413 Å². The molecule has 68 heavy (non-hydrogen) atoms. The van der Waals surface area contributed by atoms with Gasteiger partial charge in [0, 0.05) is 5.41 Å². The molecule has 0 bridgehead atoms. The quantitative estimate of drug-likeness (QED) is 0.0471. The second kappa shape index (κ2) is 56.2. The molecule has 0 unspecified atom stereocenters. The lowest BCUT2D eigenvalue weighted by Crippen LogP contribution is -2.62. The van der Waals surface area contributed by atoms with Gasteiger partial charge in [-0.3, -0.25) is 0 Å². The first kappa shape index (κ1) is 67.9. The molecule has 0 aliphatic rings. The van der Waals surface area contributed by atoms with E-state index in [9.17, 15) is 0 Å². The Balaban J connectivity index is 5.21. The normalized spacial score (nSPS) is 12.3. The van der Waals surface area contributed by atoms with Crippen molar-refractivity contribution in [1.29, 1.82) is 0 Å². The highest BCUT2D eigenvalue weighted by atomic mass is 15.0. The van der Waals surface area contributed by atoms with E-state index in [1.165, 1.54) is 379 Å². The molecule has 0 aromatic heterocycles. The van der Waals surface area contributed by atoms with Gasteiger partial charge in [-0.25, -0.2) is 0 Å². The number of nitrogens with two attached hydrogens (primary N) is 2. The minimum atomic E-state index is -0.534. The first-order valence-electron chi connectivity index (χ1n) is 33.1. The van der Waals surface area contributed by atoms with E-state index < -0.39 is 5.66 Å². The lowest BCUT2D eigenvalue weighted by atomic mass is 9.64. The first-order valence-corrected chi connectivity index (χ1v) is 33.1. The highest BCUT2D eigenvalue weighted by Gasteiger charge is 2.44. The molecule has 2 heteroatoms. The van der Waals surface area contributed by atoms with E-state index in [0.29, 0.717) is 0 Å². The third kappa shape index (κ3) is 47.0. The average Bonchev–Trinajstić information content (AvgIpc) is 3.34. The Hall–Kier alpha value is -0.0800. The second-order valence-electron chi connectivity index (χ2n) is 23.7. The van der Waals surface area contributed by atoms with Gasteiger partial charge in [-0.2, -0.15) is 0 Å². The van der Waals surface area contributed by atoms with Crippen molar-refractivity contribution in [2.75, 3.05) is 0 Å². The summed E-state index contributed by atoms with van der Waals surface area (Å²) in [5.41, 5.74) is 14.7. The lowest BCUT2D eigenvalue weighted by molar-refractivity contribution is 0.0640. The average molecular weight is 958 g/mol. The maximum absolute atomic E-state index is 7.58. The van der Waals surface area contributed by atoms with E-state index in [0.717, 1.165) is 6.42 Å². The van der Waals surface area contributed by atoms with Crippen molar-refractivity contribution in [3.05, 3.63) is 0 Å². The zero-order chi connectivity index (χ0) is 49.4. The molecular formula is C66H136N2. The summed E-state index contributed by atoms with van der Waals surface area (Å²) in [5, 5.41) is 0. The van der Waals surface area contributed by atoms with Crippen LogP contribution in [0.15, 0.2) is 0 Å². The Morgan fingerprint density at radius 2 is 0.279 bits per heavy atom. The summed E-state index contributed by atoms with van der Waals surface area (Å²) >= 11 is 0. The SMILES string of the molecule is CCCCCCCCCCCCCCCCC(N)(N)C(CCCCCCCCCCCCCCCC)(CCCCCCCCCCCCCCCC)CCCCCCCCCCCCCCCC. The Morgan fingerprint density at radius 3 is 0.426 bits per heavy atom. The summed E-state index contributed by atoms with van der Waals surface area (Å²) in [6.07, 6.45) is 84.5. The van der Waals surface area contributed by atoms with Crippen LogP contribution in [0, 0.1) is 5.41 Å². The van der Waals surface area contributed by atoms with E-state index in [4.69, 9.17) is 11.5 Å². The van der Waals surface area contributed by atoms with Crippen molar-refractivity contribution in [1.82, 2.24) is 0 Å². The Kier molecular flexibility index (Phi) is 56.2. The number of rotatable bonds is 61. The van der Waals surface area contributed by atoms with Gasteiger partial charge in [0.25, 0.3) is 0 Å². The summed E-state index contributed by atoms with van der Waals surface area (Å²) in [7, 11) is 0. The Labute approximate surface area is 433 Å². The van der Waals surface area contributed by atoms with Crippen molar-refractivity contribution < 1.29 is 0 Å². The molecule has 2 nitrogen and oxygen atoms in total. The van der Waals surface area contributed by atoms with Gasteiger partial charge >= 0.3 is 0 Å². The second-order valence-corrected chi connectivity index (χ2v) is 23.7. The molecule has 0 aromatic rings. The van der Waals surface area contributed by atoms with Crippen molar-refractivity contribution in [3.8, 4) is 0 Å². The van der Waals surface area contributed by atoms with E-state index in [1.54, 1.807) is 0 Å². The van der Waals surface area contributed by atoms with E-state index >= 15 is 0 Å². The topological polar surface area (TPSA) is 52.0 Å². The van der Waals surface area contributed by atoms with Crippen molar-refractivity contribution in [3.63, 3.8) is 0 Å².